The van der Waals surface area contributed by atoms with Gasteiger partial charge in [0, 0.05) is 18.1 Å². The lowest BCUT2D eigenvalue weighted by Gasteiger charge is -2.00. The number of aromatic nitrogens is 6. The van der Waals surface area contributed by atoms with Gasteiger partial charge in [-0.05, 0) is 35.0 Å². The van der Waals surface area contributed by atoms with Crippen LogP contribution in [0.4, 0.5) is 0 Å². The van der Waals surface area contributed by atoms with Gasteiger partial charge in [-0.15, -0.1) is 5.10 Å². The van der Waals surface area contributed by atoms with E-state index < -0.39 is 0 Å². The highest BCUT2D eigenvalue weighted by Crippen LogP contribution is 2.26. The number of nitrogens with zero attached hydrogens (tertiary/aromatic N) is 6. The summed E-state index contributed by atoms with van der Waals surface area (Å²) in [6.07, 6.45) is 2.47. The van der Waals surface area contributed by atoms with E-state index in [1.807, 2.05) is 24.3 Å². The maximum Gasteiger partial charge on any atom is 0.258 e. The van der Waals surface area contributed by atoms with Crippen molar-refractivity contribution in [1.29, 1.82) is 0 Å². The first-order chi connectivity index (χ1) is 10.4. The normalized spacial score (nSPS) is 18.2. The molecule has 8 heteroatoms. The molecule has 3 heterocycles. The van der Waals surface area contributed by atoms with Gasteiger partial charge < -0.3 is 9.26 Å². The fraction of sp³-hybridized carbons (Fsp3) is 0.308. The van der Waals surface area contributed by atoms with Gasteiger partial charge in [0.05, 0.1) is 12.3 Å². The topological polar surface area (TPSA) is 91.8 Å². The van der Waals surface area contributed by atoms with E-state index in [9.17, 15) is 0 Å². The van der Waals surface area contributed by atoms with E-state index in [-0.39, 0.29) is 5.92 Å². The summed E-state index contributed by atoms with van der Waals surface area (Å²) >= 11 is 0. The van der Waals surface area contributed by atoms with Crippen LogP contribution < -0.4 is 0 Å². The molecule has 1 aliphatic heterocycles. The minimum Gasteiger partial charge on any atom is -0.381 e. The van der Waals surface area contributed by atoms with E-state index in [1.165, 1.54) is 6.33 Å². The van der Waals surface area contributed by atoms with E-state index in [4.69, 9.17) is 9.26 Å². The molecular weight excluding hydrogens is 272 g/mol. The predicted molar refractivity (Wildman–Crippen MR) is 70.6 cm³/mol. The number of hydrogen-bond acceptors (Lipinski definition) is 7. The molecule has 2 aromatic heterocycles. The quantitative estimate of drug-likeness (QED) is 0.713. The molecule has 0 N–H and O–H groups in total. The molecule has 0 radical (unpaired) electrons. The van der Waals surface area contributed by atoms with Crippen LogP contribution in [0.15, 0.2) is 35.1 Å². The summed E-state index contributed by atoms with van der Waals surface area (Å²) < 4.78 is 12.3. The molecule has 0 aliphatic carbocycles. The number of rotatable bonds is 3. The van der Waals surface area contributed by atoms with E-state index in [0.29, 0.717) is 18.3 Å². The van der Waals surface area contributed by atoms with E-state index in [0.717, 1.165) is 24.3 Å². The van der Waals surface area contributed by atoms with Crippen molar-refractivity contribution in [3.8, 4) is 17.1 Å². The number of ether oxygens (including phenoxy) is 1. The molecule has 1 aromatic carbocycles. The first-order valence-electron chi connectivity index (χ1n) is 6.65. The van der Waals surface area contributed by atoms with Crippen molar-refractivity contribution in [3.63, 3.8) is 0 Å². The van der Waals surface area contributed by atoms with Crippen molar-refractivity contribution in [2.24, 2.45) is 0 Å². The molecule has 1 aliphatic rings. The minimum absolute atomic E-state index is 0.227. The number of hydrogen-bond donors (Lipinski definition) is 0. The van der Waals surface area contributed by atoms with E-state index in [1.54, 1.807) is 4.68 Å². The molecule has 1 fully saturated rings. The van der Waals surface area contributed by atoms with Crippen molar-refractivity contribution in [3.05, 3.63) is 36.4 Å². The molecule has 0 saturated carbocycles. The zero-order chi connectivity index (χ0) is 14.1. The SMILES string of the molecule is c1cc(-c2nc([C@H]3CCOC3)no2)cc(-n2cnnn2)c1. The second-order valence-corrected chi connectivity index (χ2v) is 4.82. The third-order valence-corrected chi connectivity index (χ3v) is 3.44. The van der Waals surface area contributed by atoms with Crippen LogP contribution in [0.5, 0.6) is 0 Å². The van der Waals surface area contributed by atoms with Crippen LogP contribution in [-0.2, 0) is 4.74 Å². The van der Waals surface area contributed by atoms with E-state index in [2.05, 4.69) is 25.7 Å². The highest BCUT2D eigenvalue weighted by molar-refractivity contribution is 5.57. The van der Waals surface area contributed by atoms with Crippen molar-refractivity contribution in [2.75, 3.05) is 13.2 Å². The van der Waals surface area contributed by atoms with Crippen molar-refractivity contribution in [1.82, 2.24) is 30.3 Å². The van der Waals surface area contributed by atoms with Crippen LogP contribution in [0.2, 0.25) is 0 Å². The lowest BCUT2D eigenvalue weighted by Crippen LogP contribution is -1.99. The van der Waals surface area contributed by atoms with Gasteiger partial charge in [-0.2, -0.15) is 4.98 Å². The van der Waals surface area contributed by atoms with Gasteiger partial charge in [0.1, 0.15) is 6.33 Å². The summed E-state index contributed by atoms with van der Waals surface area (Å²) in [5.41, 5.74) is 1.67. The van der Waals surface area contributed by atoms with Crippen LogP contribution in [0.3, 0.4) is 0 Å². The fourth-order valence-corrected chi connectivity index (χ4v) is 2.32. The standard InChI is InChI=1S/C13H12N6O2/c1-2-9(6-11(3-1)19-8-14-17-18-19)13-15-12(16-21-13)10-4-5-20-7-10/h1-3,6,8,10H,4-5,7H2/t10-/m0/s1. The molecule has 1 atom stereocenters. The monoisotopic (exact) mass is 284 g/mol. The summed E-state index contributed by atoms with van der Waals surface area (Å²) in [7, 11) is 0. The Morgan fingerprint density at radius 3 is 3.10 bits per heavy atom. The van der Waals surface area contributed by atoms with Crippen LogP contribution in [0.25, 0.3) is 17.1 Å². The zero-order valence-electron chi connectivity index (χ0n) is 11.1. The molecule has 0 bridgehead atoms. The number of tetrazole rings is 1. The second-order valence-electron chi connectivity index (χ2n) is 4.82. The van der Waals surface area contributed by atoms with Gasteiger partial charge in [-0.25, -0.2) is 4.68 Å². The Bertz CT molecular complexity index is 733. The molecule has 0 spiro atoms. The van der Waals surface area contributed by atoms with Crippen molar-refractivity contribution >= 4 is 0 Å². The van der Waals surface area contributed by atoms with Crippen LogP contribution >= 0.6 is 0 Å². The van der Waals surface area contributed by atoms with Gasteiger partial charge in [0.15, 0.2) is 5.82 Å². The Balaban J connectivity index is 1.65. The maximum atomic E-state index is 5.36. The first kappa shape index (κ1) is 12.2. The largest absolute Gasteiger partial charge is 0.381 e. The summed E-state index contributed by atoms with van der Waals surface area (Å²) in [6, 6.07) is 7.62. The molecule has 3 aromatic rings. The third kappa shape index (κ3) is 2.29. The van der Waals surface area contributed by atoms with Gasteiger partial charge in [0.25, 0.3) is 5.89 Å². The Morgan fingerprint density at radius 2 is 2.29 bits per heavy atom. The Hall–Kier alpha value is -2.61. The molecule has 4 rings (SSSR count). The van der Waals surface area contributed by atoms with Crippen LogP contribution in [-0.4, -0.2) is 43.6 Å². The fourth-order valence-electron chi connectivity index (χ4n) is 2.32. The third-order valence-electron chi connectivity index (χ3n) is 3.44. The van der Waals surface area contributed by atoms with Crippen molar-refractivity contribution in [2.45, 2.75) is 12.3 Å². The molecule has 21 heavy (non-hydrogen) atoms. The van der Waals surface area contributed by atoms with Gasteiger partial charge in [0.2, 0.25) is 0 Å². The average Bonchev–Trinajstić information content (AvgIpc) is 3.26. The molecule has 106 valence electrons. The predicted octanol–water partition coefficient (Wildman–Crippen LogP) is 1.22. The highest BCUT2D eigenvalue weighted by Gasteiger charge is 2.23. The summed E-state index contributed by atoms with van der Waals surface area (Å²) in [5.74, 6) is 1.42. The molecule has 0 amide bonds. The molecule has 1 saturated heterocycles. The van der Waals surface area contributed by atoms with Gasteiger partial charge in [-0.3, -0.25) is 0 Å². The smallest absolute Gasteiger partial charge is 0.258 e. The van der Waals surface area contributed by atoms with Crippen LogP contribution in [0.1, 0.15) is 18.2 Å². The Labute approximate surface area is 119 Å². The zero-order valence-corrected chi connectivity index (χ0v) is 11.1. The molecule has 8 nitrogen and oxygen atoms in total. The highest BCUT2D eigenvalue weighted by atomic mass is 16.5. The van der Waals surface area contributed by atoms with Gasteiger partial charge in [-0.1, -0.05) is 11.2 Å². The summed E-state index contributed by atoms with van der Waals surface area (Å²) in [4.78, 5) is 4.47. The maximum absolute atomic E-state index is 5.36. The minimum atomic E-state index is 0.227. The number of benzene rings is 1. The van der Waals surface area contributed by atoms with Crippen molar-refractivity contribution < 1.29 is 9.26 Å². The molecular formula is C13H12N6O2. The Kier molecular flexibility index (Phi) is 2.93. The lowest BCUT2D eigenvalue weighted by atomic mass is 10.1. The second kappa shape index (κ2) is 5.06. The molecule has 0 unspecified atom stereocenters. The summed E-state index contributed by atoms with van der Waals surface area (Å²) in [6.45, 7) is 1.41. The average molecular weight is 284 g/mol. The lowest BCUT2D eigenvalue weighted by molar-refractivity contribution is 0.192. The summed E-state index contributed by atoms with van der Waals surface area (Å²) in [5, 5.41) is 15.2. The van der Waals surface area contributed by atoms with E-state index >= 15 is 0 Å². The van der Waals surface area contributed by atoms with Gasteiger partial charge >= 0.3 is 0 Å². The van der Waals surface area contributed by atoms with Crippen LogP contribution in [0, 0.1) is 0 Å². The first-order valence-corrected chi connectivity index (χ1v) is 6.65. The Morgan fingerprint density at radius 1 is 1.29 bits per heavy atom.